The Morgan fingerprint density at radius 1 is 1.26 bits per heavy atom. The maximum absolute atomic E-state index is 13.3. The van der Waals surface area contributed by atoms with E-state index < -0.39 is 5.97 Å². The van der Waals surface area contributed by atoms with Crippen molar-refractivity contribution in [2.75, 3.05) is 6.54 Å². The molecule has 0 aliphatic rings. The van der Waals surface area contributed by atoms with Crippen LogP contribution in [-0.2, 0) is 13.0 Å². The van der Waals surface area contributed by atoms with Crippen LogP contribution in [0, 0.1) is 5.82 Å². The highest BCUT2D eigenvalue weighted by molar-refractivity contribution is 5.86. The molecule has 2 rings (SSSR count). The molecule has 2 N–H and O–H groups in total. The number of nitrogens with one attached hydrogen (secondary N) is 1. The number of aromatic carboxylic acids is 1. The number of carboxylic acids is 1. The normalized spacial score (nSPS) is 10.6. The fourth-order valence-electron chi connectivity index (χ4n) is 1.81. The lowest BCUT2D eigenvalue weighted by Gasteiger charge is -2.05. The molecule has 0 saturated carbocycles. The third-order valence-electron chi connectivity index (χ3n) is 2.79. The Morgan fingerprint density at radius 3 is 2.79 bits per heavy atom. The second-order valence-electron chi connectivity index (χ2n) is 4.10. The topological polar surface area (TPSA) is 62.5 Å². The summed E-state index contributed by atoms with van der Waals surface area (Å²) in [5.74, 6) is -1.37. The van der Waals surface area contributed by atoms with Gasteiger partial charge in [0.2, 0.25) is 5.76 Å². The Bertz CT molecular complexity index is 565. The SMILES string of the molecule is O=C(O)c1occc1CNCCc1ccccc1F. The Morgan fingerprint density at radius 2 is 2.05 bits per heavy atom. The maximum atomic E-state index is 13.3. The highest BCUT2D eigenvalue weighted by Gasteiger charge is 2.12. The van der Waals surface area contributed by atoms with Gasteiger partial charge in [0, 0.05) is 12.1 Å². The molecule has 0 aliphatic carbocycles. The summed E-state index contributed by atoms with van der Waals surface area (Å²) in [7, 11) is 0. The van der Waals surface area contributed by atoms with Crippen LogP contribution in [0.5, 0.6) is 0 Å². The number of hydrogen-bond donors (Lipinski definition) is 2. The quantitative estimate of drug-likeness (QED) is 0.786. The predicted octanol–water partition coefficient (Wildman–Crippen LogP) is 2.45. The van der Waals surface area contributed by atoms with E-state index >= 15 is 0 Å². The molecule has 1 aromatic carbocycles. The number of halogens is 1. The van der Waals surface area contributed by atoms with Crippen molar-refractivity contribution in [1.29, 1.82) is 0 Å². The minimum Gasteiger partial charge on any atom is -0.475 e. The molecular weight excluding hydrogens is 249 g/mol. The molecule has 0 saturated heterocycles. The van der Waals surface area contributed by atoms with Gasteiger partial charge in [-0.2, -0.15) is 0 Å². The zero-order chi connectivity index (χ0) is 13.7. The highest BCUT2D eigenvalue weighted by Crippen LogP contribution is 2.10. The van der Waals surface area contributed by atoms with Gasteiger partial charge in [-0.1, -0.05) is 18.2 Å². The Kier molecular flexibility index (Phi) is 4.30. The lowest BCUT2D eigenvalue weighted by atomic mass is 10.1. The molecule has 0 bridgehead atoms. The third kappa shape index (κ3) is 3.42. The Balaban J connectivity index is 1.83. The second-order valence-corrected chi connectivity index (χ2v) is 4.10. The minimum atomic E-state index is -1.09. The van der Waals surface area contributed by atoms with Gasteiger partial charge < -0.3 is 14.8 Å². The van der Waals surface area contributed by atoms with E-state index in [2.05, 4.69) is 5.32 Å². The van der Waals surface area contributed by atoms with Crippen molar-refractivity contribution in [3.05, 3.63) is 59.3 Å². The Labute approximate surface area is 109 Å². The molecule has 0 aliphatic heterocycles. The van der Waals surface area contributed by atoms with E-state index in [4.69, 9.17) is 9.52 Å². The summed E-state index contributed by atoms with van der Waals surface area (Å²) in [5, 5.41) is 11.9. The van der Waals surface area contributed by atoms with Crippen LogP contribution in [0.25, 0.3) is 0 Å². The van der Waals surface area contributed by atoms with Crippen LogP contribution in [0.1, 0.15) is 21.7 Å². The van der Waals surface area contributed by atoms with E-state index in [0.717, 1.165) is 0 Å². The monoisotopic (exact) mass is 263 g/mol. The molecule has 0 spiro atoms. The third-order valence-corrected chi connectivity index (χ3v) is 2.79. The van der Waals surface area contributed by atoms with Crippen molar-refractivity contribution in [3.8, 4) is 0 Å². The molecule has 0 atom stereocenters. The van der Waals surface area contributed by atoms with E-state index in [0.29, 0.717) is 30.6 Å². The lowest BCUT2D eigenvalue weighted by molar-refractivity contribution is 0.0660. The number of hydrogen-bond acceptors (Lipinski definition) is 3. The van der Waals surface area contributed by atoms with Gasteiger partial charge in [-0.25, -0.2) is 9.18 Å². The van der Waals surface area contributed by atoms with Crippen molar-refractivity contribution >= 4 is 5.97 Å². The van der Waals surface area contributed by atoms with Crippen LogP contribution >= 0.6 is 0 Å². The van der Waals surface area contributed by atoms with Gasteiger partial charge in [-0.05, 0) is 30.7 Å². The molecule has 1 aromatic heterocycles. The van der Waals surface area contributed by atoms with Crippen molar-refractivity contribution in [3.63, 3.8) is 0 Å². The zero-order valence-corrected chi connectivity index (χ0v) is 10.2. The van der Waals surface area contributed by atoms with Gasteiger partial charge in [-0.3, -0.25) is 0 Å². The van der Waals surface area contributed by atoms with Crippen LogP contribution < -0.4 is 5.32 Å². The zero-order valence-electron chi connectivity index (χ0n) is 10.2. The van der Waals surface area contributed by atoms with Crippen LogP contribution in [0.3, 0.4) is 0 Å². The molecule has 100 valence electrons. The summed E-state index contributed by atoms with van der Waals surface area (Å²) in [5.41, 5.74) is 1.22. The summed E-state index contributed by atoms with van der Waals surface area (Å²) >= 11 is 0. The van der Waals surface area contributed by atoms with E-state index in [1.54, 1.807) is 24.3 Å². The van der Waals surface area contributed by atoms with Gasteiger partial charge in [0.25, 0.3) is 0 Å². The molecule has 19 heavy (non-hydrogen) atoms. The van der Waals surface area contributed by atoms with Crippen LogP contribution in [0.4, 0.5) is 4.39 Å². The van der Waals surface area contributed by atoms with Gasteiger partial charge in [-0.15, -0.1) is 0 Å². The van der Waals surface area contributed by atoms with Crippen molar-refractivity contribution in [1.82, 2.24) is 5.32 Å². The van der Waals surface area contributed by atoms with E-state index in [1.165, 1.54) is 12.3 Å². The van der Waals surface area contributed by atoms with E-state index in [1.807, 2.05) is 0 Å². The summed E-state index contributed by atoms with van der Waals surface area (Å²) in [6, 6.07) is 8.21. The first kappa shape index (κ1) is 13.3. The molecule has 0 radical (unpaired) electrons. The molecule has 5 heteroatoms. The molecule has 2 aromatic rings. The van der Waals surface area contributed by atoms with Crippen LogP contribution in [0.2, 0.25) is 0 Å². The summed E-state index contributed by atoms with van der Waals surface area (Å²) in [4.78, 5) is 10.8. The average Bonchev–Trinajstić information content (AvgIpc) is 2.85. The largest absolute Gasteiger partial charge is 0.475 e. The fourth-order valence-corrected chi connectivity index (χ4v) is 1.81. The first-order chi connectivity index (χ1) is 9.18. The predicted molar refractivity (Wildman–Crippen MR) is 67.5 cm³/mol. The van der Waals surface area contributed by atoms with Gasteiger partial charge in [0.1, 0.15) is 5.82 Å². The van der Waals surface area contributed by atoms with Gasteiger partial charge in [0.15, 0.2) is 0 Å². The van der Waals surface area contributed by atoms with Crippen LogP contribution in [-0.4, -0.2) is 17.6 Å². The number of furan rings is 1. The first-order valence-electron chi connectivity index (χ1n) is 5.92. The van der Waals surface area contributed by atoms with Crippen molar-refractivity contribution in [2.45, 2.75) is 13.0 Å². The number of rotatable bonds is 6. The summed E-state index contributed by atoms with van der Waals surface area (Å²) in [6.45, 7) is 0.942. The average molecular weight is 263 g/mol. The summed E-state index contributed by atoms with van der Waals surface area (Å²) in [6.07, 6.45) is 1.89. The van der Waals surface area contributed by atoms with E-state index in [9.17, 15) is 9.18 Å². The minimum absolute atomic E-state index is 0.0570. The van der Waals surface area contributed by atoms with E-state index in [-0.39, 0.29) is 11.6 Å². The molecule has 0 amide bonds. The standard InChI is InChI=1S/C14H14FNO3/c15-12-4-2-1-3-10(12)5-7-16-9-11-6-8-19-13(11)14(17)18/h1-4,6,8,16H,5,7,9H2,(H,17,18). The van der Waals surface area contributed by atoms with Crippen molar-refractivity contribution in [2.24, 2.45) is 0 Å². The molecule has 4 nitrogen and oxygen atoms in total. The molecule has 0 unspecified atom stereocenters. The molecular formula is C14H14FNO3. The molecule has 1 heterocycles. The van der Waals surface area contributed by atoms with Gasteiger partial charge in [0.05, 0.1) is 6.26 Å². The second kappa shape index (κ2) is 6.15. The number of benzene rings is 1. The lowest BCUT2D eigenvalue weighted by Crippen LogP contribution is -2.18. The fraction of sp³-hybridized carbons (Fsp3) is 0.214. The Hall–Kier alpha value is -2.14. The van der Waals surface area contributed by atoms with Crippen molar-refractivity contribution < 1.29 is 18.7 Å². The maximum Gasteiger partial charge on any atom is 0.372 e. The van der Waals surface area contributed by atoms with Gasteiger partial charge >= 0.3 is 5.97 Å². The first-order valence-corrected chi connectivity index (χ1v) is 5.92. The summed E-state index contributed by atoms with van der Waals surface area (Å²) < 4.78 is 18.2. The smallest absolute Gasteiger partial charge is 0.372 e. The van der Waals surface area contributed by atoms with Crippen LogP contribution in [0.15, 0.2) is 41.0 Å². The number of carboxylic acid groups (broad SMARTS) is 1. The molecule has 0 fully saturated rings. The highest BCUT2D eigenvalue weighted by atomic mass is 19.1. The number of carbonyl (C=O) groups is 1.